The lowest BCUT2D eigenvalue weighted by Crippen LogP contribution is -2.35. The number of aromatic nitrogens is 2. The average molecular weight is 263 g/mol. The van der Waals surface area contributed by atoms with Crippen molar-refractivity contribution in [2.24, 2.45) is 11.8 Å². The minimum absolute atomic E-state index is 0.00831. The minimum atomic E-state index is 0.00831. The molecule has 2 unspecified atom stereocenters. The van der Waals surface area contributed by atoms with Crippen molar-refractivity contribution < 1.29 is 0 Å². The van der Waals surface area contributed by atoms with Crippen molar-refractivity contribution in [2.75, 3.05) is 5.32 Å². The Morgan fingerprint density at radius 1 is 1.42 bits per heavy atom. The summed E-state index contributed by atoms with van der Waals surface area (Å²) in [5, 5.41) is 3.37. The van der Waals surface area contributed by atoms with Gasteiger partial charge in [0.2, 0.25) is 0 Å². The van der Waals surface area contributed by atoms with Crippen LogP contribution in [0.5, 0.6) is 0 Å². The third-order valence-corrected chi connectivity index (χ3v) is 3.91. The molecule has 0 bridgehead atoms. The molecule has 0 amide bonds. The predicted octanol–water partition coefficient (Wildman–Crippen LogP) is 2.89. The summed E-state index contributed by atoms with van der Waals surface area (Å²) < 4.78 is 1.76. The molecule has 1 saturated carbocycles. The van der Waals surface area contributed by atoms with Gasteiger partial charge >= 0.3 is 0 Å². The fourth-order valence-corrected chi connectivity index (χ4v) is 2.79. The molecule has 1 fully saturated rings. The van der Waals surface area contributed by atoms with Gasteiger partial charge in [0, 0.05) is 25.0 Å². The lowest BCUT2D eigenvalue weighted by atomic mass is 9.86. The lowest BCUT2D eigenvalue weighted by Gasteiger charge is -2.29. The van der Waals surface area contributed by atoms with Gasteiger partial charge in [-0.15, -0.1) is 0 Å². The van der Waals surface area contributed by atoms with Crippen LogP contribution in [0.2, 0.25) is 0 Å². The van der Waals surface area contributed by atoms with Gasteiger partial charge in [0.25, 0.3) is 5.56 Å². The summed E-state index contributed by atoms with van der Waals surface area (Å²) >= 11 is 0. The van der Waals surface area contributed by atoms with Crippen LogP contribution in [0.4, 0.5) is 5.82 Å². The SMILES string of the molecule is CC(C)Cn1ccnc(NC2CCCCC2C)c1=O. The van der Waals surface area contributed by atoms with Gasteiger partial charge in [-0.1, -0.05) is 33.6 Å². The maximum atomic E-state index is 12.3. The van der Waals surface area contributed by atoms with Crippen LogP contribution in [-0.2, 0) is 6.54 Å². The molecule has 106 valence electrons. The maximum Gasteiger partial charge on any atom is 0.293 e. The Morgan fingerprint density at radius 3 is 2.84 bits per heavy atom. The molecule has 2 atom stereocenters. The lowest BCUT2D eigenvalue weighted by molar-refractivity contribution is 0.348. The Balaban J connectivity index is 2.14. The van der Waals surface area contributed by atoms with Crippen molar-refractivity contribution in [2.45, 2.75) is 59.0 Å². The quantitative estimate of drug-likeness (QED) is 0.908. The smallest absolute Gasteiger partial charge is 0.293 e. The van der Waals surface area contributed by atoms with Crippen LogP contribution in [0.1, 0.15) is 46.5 Å². The van der Waals surface area contributed by atoms with Crippen LogP contribution in [0.25, 0.3) is 0 Å². The Hall–Kier alpha value is -1.32. The second-order valence-electron chi connectivity index (χ2n) is 6.14. The second-order valence-corrected chi connectivity index (χ2v) is 6.14. The number of hydrogen-bond acceptors (Lipinski definition) is 3. The first kappa shape index (κ1) is 14.1. The molecule has 0 radical (unpaired) electrons. The normalized spacial score (nSPS) is 23.6. The number of nitrogens with zero attached hydrogens (tertiary/aromatic N) is 2. The zero-order valence-electron chi connectivity index (χ0n) is 12.2. The molecule has 1 aromatic heterocycles. The number of nitrogens with one attached hydrogen (secondary N) is 1. The zero-order valence-corrected chi connectivity index (χ0v) is 12.2. The van der Waals surface area contributed by atoms with Gasteiger partial charge < -0.3 is 9.88 Å². The zero-order chi connectivity index (χ0) is 13.8. The monoisotopic (exact) mass is 263 g/mol. The van der Waals surface area contributed by atoms with E-state index in [0.717, 1.165) is 13.0 Å². The maximum absolute atomic E-state index is 12.3. The third-order valence-electron chi connectivity index (χ3n) is 3.91. The van der Waals surface area contributed by atoms with Gasteiger partial charge in [-0.3, -0.25) is 4.79 Å². The molecule has 0 aliphatic heterocycles. The highest BCUT2D eigenvalue weighted by Crippen LogP contribution is 2.25. The Morgan fingerprint density at radius 2 is 2.16 bits per heavy atom. The summed E-state index contributed by atoms with van der Waals surface area (Å²) in [4.78, 5) is 16.6. The van der Waals surface area contributed by atoms with Crippen molar-refractivity contribution in [3.05, 3.63) is 22.7 Å². The summed E-state index contributed by atoms with van der Waals surface area (Å²) in [7, 11) is 0. The minimum Gasteiger partial charge on any atom is -0.362 e. The van der Waals surface area contributed by atoms with E-state index in [1.165, 1.54) is 19.3 Å². The molecule has 2 rings (SSSR count). The molecule has 1 aromatic rings. The predicted molar refractivity (Wildman–Crippen MR) is 78.4 cm³/mol. The van der Waals surface area contributed by atoms with Crippen LogP contribution in [0.15, 0.2) is 17.2 Å². The summed E-state index contributed by atoms with van der Waals surface area (Å²) in [6.45, 7) is 7.23. The van der Waals surface area contributed by atoms with Gasteiger partial charge in [-0.2, -0.15) is 0 Å². The molecule has 1 aliphatic carbocycles. The average Bonchev–Trinajstić information content (AvgIpc) is 2.36. The van der Waals surface area contributed by atoms with Crippen molar-refractivity contribution >= 4 is 5.82 Å². The van der Waals surface area contributed by atoms with E-state index in [-0.39, 0.29) is 5.56 Å². The standard InChI is InChI=1S/C15H25N3O/c1-11(2)10-18-9-8-16-14(15(18)19)17-13-7-5-4-6-12(13)3/h8-9,11-13H,4-7,10H2,1-3H3,(H,16,17). The largest absolute Gasteiger partial charge is 0.362 e. The van der Waals surface area contributed by atoms with E-state index in [0.29, 0.717) is 23.7 Å². The van der Waals surface area contributed by atoms with Crippen molar-refractivity contribution in [3.8, 4) is 0 Å². The molecule has 0 aromatic carbocycles. The van der Waals surface area contributed by atoms with Gasteiger partial charge in [-0.25, -0.2) is 4.98 Å². The highest BCUT2D eigenvalue weighted by molar-refractivity contribution is 5.32. The van der Waals surface area contributed by atoms with E-state index in [1.807, 2.05) is 0 Å². The molecule has 19 heavy (non-hydrogen) atoms. The number of rotatable bonds is 4. The molecule has 0 saturated heterocycles. The third kappa shape index (κ3) is 3.58. The molecule has 1 N–H and O–H groups in total. The molecular formula is C15H25N3O. The van der Waals surface area contributed by atoms with Crippen LogP contribution in [0, 0.1) is 11.8 Å². The fourth-order valence-electron chi connectivity index (χ4n) is 2.79. The van der Waals surface area contributed by atoms with E-state index in [2.05, 4.69) is 31.1 Å². The van der Waals surface area contributed by atoms with Gasteiger partial charge in [0.05, 0.1) is 0 Å². The number of hydrogen-bond donors (Lipinski definition) is 1. The molecule has 1 heterocycles. The number of anilines is 1. The van der Waals surface area contributed by atoms with E-state index >= 15 is 0 Å². The highest BCUT2D eigenvalue weighted by atomic mass is 16.1. The van der Waals surface area contributed by atoms with E-state index in [9.17, 15) is 4.79 Å². The first-order valence-electron chi connectivity index (χ1n) is 7.40. The van der Waals surface area contributed by atoms with Crippen LogP contribution < -0.4 is 10.9 Å². The molecular weight excluding hydrogens is 238 g/mol. The Kier molecular flexibility index (Phi) is 4.61. The summed E-state index contributed by atoms with van der Waals surface area (Å²) in [6, 6.07) is 0.392. The highest BCUT2D eigenvalue weighted by Gasteiger charge is 2.22. The van der Waals surface area contributed by atoms with Crippen LogP contribution in [-0.4, -0.2) is 15.6 Å². The molecule has 4 heteroatoms. The topological polar surface area (TPSA) is 46.9 Å². The van der Waals surface area contributed by atoms with Gasteiger partial charge in [0.15, 0.2) is 5.82 Å². The molecule has 1 aliphatic rings. The van der Waals surface area contributed by atoms with E-state index in [4.69, 9.17) is 0 Å². The van der Waals surface area contributed by atoms with Crippen molar-refractivity contribution in [3.63, 3.8) is 0 Å². The summed E-state index contributed by atoms with van der Waals surface area (Å²) in [5.41, 5.74) is 0.00831. The summed E-state index contributed by atoms with van der Waals surface area (Å²) in [5.74, 6) is 1.59. The van der Waals surface area contributed by atoms with Crippen molar-refractivity contribution in [1.29, 1.82) is 0 Å². The van der Waals surface area contributed by atoms with Crippen molar-refractivity contribution in [1.82, 2.24) is 9.55 Å². The Bertz CT molecular complexity index is 467. The second kappa shape index (κ2) is 6.22. The van der Waals surface area contributed by atoms with Gasteiger partial charge in [-0.05, 0) is 24.7 Å². The molecule has 4 nitrogen and oxygen atoms in total. The first-order chi connectivity index (χ1) is 9.08. The fraction of sp³-hybridized carbons (Fsp3) is 0.733. The Labute approximate surface area is 115 Å². The molecule has 0 spiro atoms. The van der Waals surface area contributed by atoms with Gasteiger partial charge in [0.1, 0.15) is 0 Å². The van der Waals surface area contributed by atoms with E-state index < -0.39 is 0 Å². The van der Waals surface area contributed by atoms with E-state index in [1.54, 1.807) is 17.0 Å². The van der Waals surface area contributed by atoms with Crippen LogP contribution in [0.3, 0.4) is 0 Å². The first-order valence-corrected chi connectivity index (χ1v) is 7.40. The summed E-state index contributed by atoms with van der Waals surface area (Å²) in [6.07, 6.45) is 8.43. The van der Waals surface area contributed by atoms with Crippen LogP contribution >= 0.6 is 0 Å².